The Kier molecular flexibility index (Phi) is 4.71. The Morgan fingerprint density at radius 2 is 2.14 bits per heavy atom. The van der Waals surface area contributed by atoms with E-state index in [0.29, 0.717) is 6.42 Å². The molecule has 2 rings (SSSR count). The molecule has 1 saturated heterocycles. The lowest BCUT2D eigenvalue weighted by molar-refractivity contribution is -0.384. The molecule has 0 spiro atoms. The van der Waals surface area contributed by atoms with Crippen LogP contribution < -0.4 is 10.6 Å². The number of amides is 1. The minimum Gasteiger partial charge on any atom is -0.359 e. The van der Waals surface area contributed by atoms with Gasteiger partial charge in [0.05, 0.1) is 16.4 Å². The molecule has 0 aromatic heterocycles. The molecular weight excluding hydrogens is 330 g/mol. The van der Waals surface area contributed by atoms with Crippen molar-refractivity contribution >= 4 is 38.8 Å². The molecule has 8 nitrogen and oxygen atoms in total. The number of nitro groups is 1. The Balaban J connectivity index is 1.95. The van der Waals surface area contributed by atoms with Crippen LogP contribution >= 0.6 is 12.2 Å². The van der Waals surface area contributed by atoms with Gasteiger partial charge in [-0.3, -0.25) is 20.2 Å². The number of sulfone groups is 1. The van der Waals surface area contributed by atoms with Crippen molar-refractivity contribution in [1.29, 1.82) is 0 Å². The molecule has 118 valence electrons. The van der Waals surface area contributed by atoms with Crippen molar-refractivity contribution in [2.24, 2.45) is 0 Å². The van der Waals surface area contributed by atoms with Crippen molar-refractivity contribution in [3.63, 3.8) is 0 Å². The maximum atomic E-state index is 12.0. The third-order valence-electron chi connectivity index (χ3n) is 3.11. The molecule has 1 aliphatic rings. The van der Waals surface area contributed by atoms with E-state index in [0.717, 1.165) is 6.07 Å². The molecule has 0 unspecified atom stereocenters. The number of carbonyl (C=O) groups excluding carboxylic acids is 1. The van der Waals surface area contributed by atoms with Crippen LogP contribution in [0.25, 0.3) is 0 Å². The summed E-state index contributed by atoms with van der Waals surface area (Å²) >= 11 is 4.95. The third kappa shape index (κ3) is 4.21. The fraction of sp³-hybridized carbons (Fsp3) is 0.333. The summed E-state index contributed by atoms with van der Waals surface area (Å²) < 4.78 is 22.7. The Labute approximate surface area is 132 Å². The summed E-state index contributed by atoms with van der Waals surface area (Å²) in [5.41, 5.74) is -0.106. The minimum absolute atomic E-state index is 0.00129. The summed E-state index contributed by atoms with van der Waals surface area (Å²) in [4.78, 5) is 22.0. The van der Waals surface area contributed by atoms with E-state index in [-0.39, 0.29) is 33.9 Å². The maximum Gasteiger partial charge on any atom is 0.270 e. The second-order valence-electron chi connectivity index (χ2n) is 4.83. The first-order valence-electron chi connectivity index (χ1n) is 6.33. The molecule has 10 heteroatoms. The Hall–Kier alpha value is -2.07. The van der Waals surface area contributed by atoms with Crippen LogP contribution in [-0.4, -0.2) is 41.9 Å². The van der Waals surface area contributed by atoms with E-state index in [2.05, 4.69) is 10.6 Å². The highest BCUT2D eigenvalue weighted by Crippen LogP contribution is 2.13. The molecule has 1 fully saturated rings. The zero-order valence-electron chi connectivity index (χ0n) is 11.3. The largest absolute Gasteiger partial charge is 0.359 e. The van der Waals surface area contributed by atoms with Gasteiger partial charge in [-0.2, -0.15) is 0 Å². The van der Waals surface area contributed by atoms with Gasteiger partial charge in [-0.05, 0) is 24.7 Å². The SMILES string of the molecule is O=C(NC(=S)N[C@@H]1CCS(=O)(=O)C1)c1cccc([N+](=O)[O-])c1. The van der Waals surface area contributed by atoms with E-state index in [9.17, 15) is 23.3 Å². The van der Waals surface area contributed by atoms with Crippen molar-refractivity contribution in [1.82, 2.24) is 10.6 Å². The predicted molar refractivity (Wildman–Crippen MR) is 83.4 cm³/mol. The Morgan fingerprint density at radius 3 is 2.73 bits per heavy atom. The number of rotatable bonds is 3. The molecule has 1 amide bonds. The molecule has 0 radical (unpaired) electrons. The molecule has 2 N–H and O–H groups in total. The zero-order valence-corrected chi connectivity index (χ0v) is 12.9. The third-order valence-corrected chi connectivity index (χ3v) is 5.10. The summed E-state index contributed by atoms with van der Waals surface area (Å²) in [6, 6.07) is 4.90. The van der Waals surface area contributed by atoms with Crippen molar-refractivity contribution < 1.29 is 18.1 Å². The smallest absolute Gasteiger partial charge is 0.270 e. The second-order valence-corrected chi connectivity index (χ2v) is 7.47. The van der Waals surface area contributed by atoms with Crippen LogP contribution in [-0.2, 0) is 9.84 Å². The van der Waals surface area contributed by atoms with Crippen LogP contribution in [0, 0.1) is 10.1 Å². The zero-order chi connectivity index (χ0) is 16.3. The molecule has 0 saturated carbocycles. The Morgan fingerprint density at radius 1 is 1.41 bits per heavy atom. The van der Waals surface area contributed by atoms with Gasteiger partial charge in [0.25, 0.3) is 11.6 Å². The lowest BCUT2D eigenvalue weighted by Crippen LogP contribution is -2.44. The molecule has 1 aliphatic heterocycles. The first kappa shape index (κ1) is 16.3. The van der Waals surface area contributed by atoms with E-state index in [1.807, 2.05) is 0 Å². The van der Waals surface area contributed by atoms with E-state index in [4.69, 9.17) is 12.2 Å². The number of benzene rings is 1. The second kappa shape index (κ2) is 6.36. The number of nitro benzene ring substituents is 1. The van der Waals surface area contributed by atoms with Gasteiger partial charge in [0.1, 0.15) is 0 Å². The number of nitrogens with zero attached hydrogens (tertiary/aromatic N) is 1. The van der Waals surface area contributed by atoms with Gasteiger partial charge in [-0.15, -0.1) is 0 Å². The van der Waals surface area contributed by atoms with Crippen LogP contribution in [0.4, 0.5) is 5.69 Å². The predicted octanol–water partition coefficient (Wildman–Crippen LogP) is 0.386. The molecule has 1 atom stereocenters. The molecule has 0 aliphatic carbocycles. The number of carbonyl (C=O) groups is 1. The summed E-state index contributed by atoms with van der Waals surface area (Å²) in [5.74, 6) is -0.534. The maximum absolute atomic E-state index is 12.0. The van der Waals surface area contributed by atoms with Gasteiger partial charge >= 0.3 is 0 Å². The summed E-state index contributed by atoms with van der Waals surface area (Å²) in [7, 11) is -3.05. The van der Waals surface area contributed by atoms with Gasteiger partial charge in [0, 0.05) is 23.7 Å². The van der Waals surface area contributed by atoms with Crippen molar-refractivity contribution in [2.45, 2.75) is 12.5 Å². The van der Waals surface area contributed by atoms with Crippen LogP contribution in [0.1, 0.15) is 16.8 Å². The van der Waals surface area contributed by atoms with Crippen molar-refractivity contribution in [2.75, 3.05) is 11.5 Å². The molecule has 0 bridgehead atoms. The van der Waals surface area contributed by atoms with Crippen LogP contribution in [0.3, 0.4) is 0 Å². The lowest BCUT2D eigenvalue weighted by atomic mass is 10.2. The topological polar surface area (TPSA) is 118 Å². The van der Waals surface area contributed by atoms with Gasteiger partial charge in [0.2, 0.25) is 0 Å². The van der Waals surface area contributed by atoms with Gasteiger partial charge in [-0.25, -0.2) is 8.42 Å². The van der Waals surface area contributed by atoms with E-state index >= 15 is 0 Å². The van der Waals surface area contributed by atoms with Crippen LogP contribution in [0.5, 0.6) is 0 Å². The van der Waals surface area contributed by atoms with Crippen molar-refractivity contribution in [3.05, 3.63) is 39.9 Å². The molecular formula is C12H13N3O5S2. The number of hydrogen-bond donors (Lipinski definition) is 2. The monoisotopic (exact) mass is 343 g/mol. The van der Waals surface area contributed by atoms with E-state index in [1.165, 1.54) is 18.2 Å². The summed E-state index contributed by atoms with van der Waals surface area (Å²) in [6.07, 6.45) is 0.426. The highest BCUT2D eigenvalue weighted by Gasteiger charge is 2.28. The fourth-order valence-corrected chi connectivity index (χ4v) is 4.00. The quantitative estimate of drug-likeness (QED) is 0.463. The first-order chi connectivity index (χ1) is 10.3. The van der Waals surface area contributed by atoms with E-state index < -0.39 is 20.7 Å². The number of hydrogen-bond acceptors (Lipinski definition) is 6. The fourth-order valence-electron chi connectivity index (χ4n) is 2.07. The highest BCUT2D eigenvalue weighted by atomic mass is 32.2. The highest BCUT2D eigenvalue weighted by molar-refractivity contribution is 7.91. The molecule has 1 heterocycles. The normalized spacial score (nSPS) is 19.4. The standard InChI is InChI=1S/C12H13N3O5S2/c16-11(8-2-1-3-10(6-8)15(17)18)14-12(21)13-9-4-5-22(19,20)7-9/h1-3,6,9H,4-5,7H2,(H2,13,14,16,21)/t9-/m1/s1. The van der Waals surface area contributed by atoms with Crippen LogP contribution in [0.15, 0.2) is 24.3 Å². The average Bonchev–Trinajstić information content (AvgIpc) is 2.77. The average molecular weight is 343 g/mol. The molecule has 1 aromatic carbocycles. The van der Waals surface area contributed by atoms with Gasteiger partial charge < -0.3 is 5.32 Å². The number of non-ortho nitro benzene ring substituents is 1. The first-order valence-corrected chi connectivity index (χ1v) is 8.56. The minimum atomic E-state index is -3.05. The summed E-state index contributed by atoms with van der Waals surface area (Å²) in [6.45, 7) is 0. The Bertz CT molecular complexity index is 732. The van der Waals surface area contributed by atoms with E-state index in [1.54, 1.807) is 0 Å². The van der Waals surface area contributed by atoms with Gasteiger partial charge in [0.15, 0.2) is 14.9 Å². The molecule has 1 aromatic rings. The summed E-state index contributed by atoms with van der Waals surface area (Å²) in [5, 5.41) is 15.8. The van der Waals surface area contributed by atoms with Gasteiger partial charge in [-0.1, -0.05) is 6.07 Å². The lowest BCUT2D eigenvalue weighted by Gasteiger charge is -2.13. The van der Waals surface area contributed by atoms with Crippen molar-refractivity contribution in [3.8, 4) is 0 Å². The van der Waals surface area contributed by atoms with Crippen LogP contribution in [0.2, 0.25) is 0 Å². The molecule has 22 heavy (non-hydrogen) atoms. The number of nitrogens with one attached hydrogen (secondary N) is 2. The number of thiocarbonyl (C=S) groups is 1.